The number of anilines is 1. The fourth-order valence-electron chi connectivity index (χ4n) is 3.24. The molecule has 0 unspecified atom stereocenters. The lowest BCUT2D eigenvalue weighted by atomic mass is 10.1. The van der Waals surface area contributed by atoms with Crippen LogP contribution in [0.5, 0.6) is 0 Å². The SMILES string of the molecule is C=C(CC(=O)OCC)OCC.CCCCCCCCCCCCNC(=O)c1ccccc1N.CCO. The van der Waals surface area contributed by atoms with Gasteiger partial charge in [-0.1, -0.05) is 83.4 Å². The van der Waals surface area contributed by atoms with Gasteiger partial charge in [-0.15, -0.1) is 0 Å². The molecule has 0 bridgehead atoms. The van der Waals surface area contributed by atoms with E-state index in [0.717, 1.165) is 13.0 Å². The zero-order chi connectivity index (χ0) is 27.4. The van der Waals surface area contributed by atoms with Crippen LogP contribution in [0.4, 0.5) is 5.69 Å². The average molecular weight is 509 g/mol. The molecule has 1 amide bonds. The molecule has 0 saturated heterocycles. The first-order valence-electron chi connectivity index (χ1n) is 13.6. The number of nitrogens with one attached hydrogen (secondary N) is 1. The monoisotopic (exact) mass is 508 g/mol. The van der Waals surface area contributed by atoms with Gasteiger partial charge in [0, 0.05) is 18.8 Å². The Morgan fingerprint density at radius 2 is 1.36 bits per heavy atom. The molecule has 0 aliphatic heterocycles. The topological polar surface area (TPSA) is 111 Å². The summed E-state index contributed by atoms with van der Waals surface area (Å²) in [6.07, 6.45) is 13.2. The van der Waals surface area contributed by atoms with Gasteiger partial charge in [0.15, 0.2) is 0 Å². The second kappa shape index (κ2) is 27.1. The third kappa shape index (κ3) is 23.2. The largest absolute Gasteiger partial charge is 0.498 e. The number of ether oxygens (including phenoxy) is 2. The molecule has 0 heterocycles. The van der Waals surface area contributed by atoms with Gasteiger partial charge in [0.2, 0.25) is 0 Å². The number of aliphatic hydroxyl groups is 1. The number of aliphatic hydroxyl groups excluding tert-OH is 1. The van der Waals surface area contributed by atoms with E-state index in [-0.39, 0.29) is 24.9 Å². The Morgan fingerprint density at radius 3 is 1.86 bits per heavy atom. The zero-order valence-corrected chi connectivity index (χ0v) is 23.3. The smallest absolute Gasteiger partial charge is 0.313 e. The Labute approximate surface area is 219 Å². The molecule has 1 aromatic rings. The minimum atomic E-state index is -0.286. The van der Waals surface area contributed by atoms with Gasteiger partial charge in [-0.3, -0.25) is 9.59 Å². The lowest BCUT2D eigenvalue weighted by Gasteiger charge is -2.07. The lowest BCUT2D eigenvalue weighted by molar-refractivity contribution is -0.143. The summed E-state index contributed by atoms with van der Waals surface area (Å²) in [5, 5.41) is 10.5. The van der Waals surface area contributed by atoms with Crippen molar-refractivity contribution in [2.45, 2.75) is 98.3 Å². The normalized spacial score (nSPS) is 9.69. The number of hydrogen-bond acceptors (Lipinski definition) is 6. The summed E-state index contributed by atoms with van der Waals surface area (Å²) >= 11 is 0. The Morgan fingerprint density at radius 1 is 0.861 bits per heavy atom. The Balaban J connectivity index is 0. The van der Waals surface area contributed by atoms with E-state index in [1.807, 2.05) is 19.1 Å². The molecule has 0 saturated carbocycles. The number of benzene rings is 1. The van der Waals surface area contributed by atoms with Crippen molar-refractivity contribution < 1.29 is 24.2 Å². The molecule has 4 N–H and O–H groups in total. The zero-order valence-electron chi connectivity index (χ0n) is 23.3. The van der Waals surface area contributed by atoms with Crippen molar-refractivity contribution in [2.75, 3.05) is 32.1 Å². The van der Waals surface area contributed by atoms with Gasteiger partial charge >= 0.3 is 5.97 Å². The minimum absolute atomic E-state index is 0.0611. The predicted octanol–water partition coefficient (Wildman–Crippen LogP) is 6.41. The summed E-state index contributed by atoms with van der Waals surface area (Å²) in [7, 11) is 0. The van der Waals surface area contributed by atoms with E-state index in [0.29, 0.717) is 30.2 Å². The summed E-state index contributed by atoms with van der Waals surface area (Å²) in [4.78, 5) is 22.7. The Bertz CT molecular complexity index is 663. The summed E-state index contributed by atoms with van der Waals surface area (Å²) in [5.74, 6) is 0.117. The van der Waals surface area contributed by atoms with Crippen LogP contribution in [0.3, 0.4) is 0 Å². The first-order chi connectivity index (χ1) is 17.4. The number of para-hydroxylation sites is 1. The molecule has 7 nitrogen and oxygen atoms in total. The average Bonchev–Trinajstić information content (AvgIpc) is 2.84. The molecule has 0 fully saturated rings. The number of nitrogens with two attached hydrogens (primary N) is 1. The van der Waals surface area contributed by atoms with Gasteiger partial charge in [-0.05, 0) is 39.3 Å². The van der Waals surface area contributed by atoms with Crippen molar-refractivity contribution in [3.63, 3.8) is 0 Å². The van der Waals surface area contributed by atoms with Crippen LogP contribution in [0.15, 0.2) is 36.6 Å². The van der Waals surface area contributed by atoms with Crippen molar-refractivity contribution >= 4 is 17.6 Å². The molecule has 7 heteroatoms. The van der Waals surface area contributed by atoms with E-state index in [9.17, 15) is 9.59 Å². The highest BCUT2D eigenvalue weighted by Crippen LogP contribution is 2.11. The number of hydrogen-bond donors (Lipinski definition) is 3. The van der Waals surface area contributed by atoms with Crippen molar-refractivity contribution in [3.05, 3.63) is 42.2 Å². The molecule has 0 aliphatic carbocycles. The number of carbonyl (C=O) groups excluding carboxylic acids is 2. The number of esters is 1. The number of nitrogen functional groups attached to an aromatic ring is 1. The molecule has 1 aromatic carbocycles. The van der Waals surface area contributed by atoms with Crippen LogP contribution in [0, 0.1) is 0 Å². The van der Waals surface area contributed by atoms with Crippen LogP contribution in [-0.2, 0) is 14.3 Å². The van der Waals surface area contributed by atoms with Crippen molar-refractivity contribution in [1.82, 2.24) is 5.32 Å². The van der Waals surface area contributed by atoms with E-state index in [1.165, 1.54) is 57.8 Å². The van der Waals surface area contributed by atoms with Crippen molar-refractivity contribution in [3.8, 4) is 0 Å². The third-order valence-electron chi connectivity index (χ3n) is 5.02. The van der Waals surface area contributed by atoms with Gasteiger partial charge in [0.05, 0.1) is 24.5 Å². The first-order valence-corrected chi connectivity index (χ1v) is 13.6. The highest BCUT2D eigenvalue weighted by atomic mass is 16.5. The molecule has 0 spiro atoms. The van der Waals surface area contributed by atoms with Gasteiger partial charge in [-0.25, -0.2) is 0 Å². The fourth-order valence-corrected chi connectivity index (χ4v) is 3.24. The lowest BCUT2D eigenvalue weighted by Crippen LogP contribution is -2.25. The standard InChI is InChI=1S/C19H32N2O.C8H14O3.C2H6O/c1-2-3-4-5-6-7-8-9-10-13-16-21-19(22)17-14-11-12-15-18(17)20;1-4-10-7(3)6-8(9)11-5-2;1-2-3/h11-12,14-15H,2-10,13,16,20H2,1H3,(H,21,22);3-6H2,1-2H3;3H,2H2,1H3. The molecule has 208 valence electrons. The maximum Gasteiger partial charge on any atom is 0.313 e. The van der Waals surface area contributed by atoms with Crippen LogP contribution in [0.1, 0.15) is 109 Å². The predicted molar refractivity (Wildman–Crippen MR) is 150 cm³/mol. The van der Waals surface area contributed by atoms with Crippen LogP contribution in [0.25, 0.3) is 0 Å². The molecule has 0 aromatic heterocycles. The highest BCUT2D eigenvalue weighted by molar-refractivity contribution is 5.99. The van der Waals surface area contributed by atoms with Crippen LogP contribution < -0.4 is 11.1 Å². The Kier molecular flexibility index (Phi) is 26.8. The molecule has 0 radical (unpaired) electrons. The van der Waals surface area contributed by atoms with E-state index in [2.05, 4.69) is 23.6 Å². The molecular weight excluding hydrogens is 456 g/mol. The van der Waals surface area contributed by atoms with Gasteiger partial charge in [-0.2, -0.15) is 0 Å². The maximum absolute atomic E-state index is 11.9. The van der Waals surface area contributed by atoms with Crippen LogP contribution in [0.2, 0.25) is 0 Å². The van der Waals surface area contributed by atoms with Gasteiger partial charge in [0.25, 0.3) is 5.91 Å². The van der Waals surface area contributed by atoms with E-state index < -0.39 is 0 Å². The Hall–Kier alpha value is -2.54. The molecular formula is C29H52N2O5. The second-order valence-electron chi connectivity index (χ2n) is 8.29. The van der Waals surface area contributed by atoms with Crippen molar-refractivity contribution in [1.29, 1.82) is 0 Å². The van der Waals surface area contributed by atoms with E-state index >= 15 is 0 Å². The summed E-state index contributed by atoms with van der Waals surface area (Å²) in [6.45, 7) is 13.0. The summed E-state index contributed by atoms with van der Waals surface area (Å²) in [5.41, 5.74) is 6.91. The third-order valence-corrected chi connectivity index (χ3v) is 5.02. The maximum atomic E-state index is 11.9. The first kappa shape index (κ1) is 35.6. The number of unbranched alkanes of at least 4 members (excludes halogenated alkanes) is 9. The minimum Gasteiger partial charge on any atom is -0.498 e. The van der Waals surface area contributed by atoms with Crippen molar-refractivity contribution in [2.24, 2.45) is 0 Å². The quantitative estimate of drug-likeness (QED) is 0.0970. The number of amides is 1. The van der Waals surface area contributed by atoms with Crippen LogP contribution >= 0.6 is 0 Å². The fraction of sp³-hybridized carbons (Fsp3) is 0.655. The molecule has 0 aliphatic rings. The second-order valence-corrected chi connectivity index (χ2v) is 8.29. The summed E-state index contributed by atoms with van der Waals surface area (Å²) < 4.78 is 9.64. The number of rotatable bonds is 17. The number of carbonyl (C=O) groups is 2. The van der Waals surface area contributed by atoms with Gasteiger partial charge < -0.3 is 25.6 Å². The van der Waals surface area contributed by atoms with E-state index in [1.54, 1.807) is 26.0 Å². The van der Waals surface area contributed by atoms with Crippen LogP contribution in [-0.4, -0.2) is 43.3 Å². The van der Waals surface area contributed by atoms with Gasteiger partial charge in [0.1, 0.15) is 6.42 Å². The molecule has 36 heavy (non-hydrogen) atoms. The summed E-state index contributed by atoms with van der Waals surface area (Å²) in [6, 6.07) is 7.21. The molecule has 0 atom stereocenters. The molecule has 1 rings (SSSR count). The highest BCUT2D eigenvalue weighted by Gasteiger charge is 2.07. The van der Waals surface area contributed by atoms with E-state index in [4.69, 9.17) is 15.6 Å².